The zero-order valence-electron chi connectivity index (χ0n) is 15.6. The molecule has 2 aromatic rings. The Morgan fingerprint density at radius 1 is 1.21 bits per heavy atom. The molecule has 0 unspecified atom stereocenters. The van der Waals surface area contributed by atoms with Gasteiger partial charge in [0, 0.05) is 24.3 Å². The van der Waals surface area contributed by atoms with Crippen LogP contribution in [0.2, 0.25) is 0 Å². The van der Waals surface area contributed by atoms with Crippen molar-refractivity contribution in [2.24, 2.45) is 10.7 Å². The number of anilines is 1. The molecule has 7 nitrogen and oxygen atoms in total. The second-order valence-electron chi connectivity index (χ2n) is 6.46. The molecular weight excluding hydrogens is 491 g/mol. The van der Waals surface area contributed by atoms with Crippen molar-refractivity contribution in [2.75, 3.05) is 24.7 Å². The van der Waals surface area contributed by atoms with Crippen LogP contribution in [0.4, 0.5) is 5.69 Å². The number of hydrogen-bond donors (Lipinski definition) is 2. The fourth-order valence-corrected chi connectivity index (χ4v) is 4.26. The Kier molecular flexibility index (Phi) is 8.08. The predicted octanol–water partition coefficient (Wildman–Crippen LogP) is 3.25. The highest BCUT2D eigenvalue weighted by atomic mass is 127. The van der Waals surface area contributed by atoms with Crippen LogP contribution in [0.3, 0.4) is 0 Å². The van der Waals surface area contributed by atoms with E-state index in [0.717, 1.165) is 24.3 Å². The van der Waals surface area contributed by atoms with E-state index in [-0.39, 0.29) is 36.0 Å². The molecule has 1 aliphatic rings. The van der Waals surface area contributed by atoms with Gasteiger partial charge in [0.05, 0.1) is 12.8 Å². The molecule has 1 atom stereocenters. The highest BCUT2D eigenvalue weighted by Gasteiger charge is 2.30. The standard InChI is InChI=1S/C19H24N4O3S.HI/c1-27(24,25)23-12-6-8-16(23)14-21-19(20)22-15-7-5-11-18(13-15)26-17-9-3-2-4-10-17;/h2-5,7,9-11,13,16H,6,8,12,14H2,1H3,(H3,20,21,22);1H/t16-;/m1./s1. The Labute approximate surface area is 183 Å². The minimum Gasteiger partial charge on any atom is -0.457 e. The summed E-state index contributed by atoms with van der Waals surface area (Å²) in [5.74, 6) is 1.67. The number of halogens is 1. The van der Waals surface area contributed by atoms with E-state index in [9.17, 15) is 8.42 Å². The molecule has 28 heavy (non-hydrogen) atoms. The highest BCUT2D eigenvalue weighted by molar-refractivity contribution is 14.0. The van der Waals surface area contributed by atoms with Crippen molar-refractivity contribution in [2.45, 2.75) is 18.9 Å². The van der Waals surface area contributed by atoms with Gasteiger partial charge in [0.1, 0.15) is 11.5 Å². The summed E-state index contributed by atoms with van der Waals surface area (Å²) in [6.45, 7) is 0.886. The van der Waals surface area contributed by atoms with Gasteiger partial charge in [-0.2, -0.15) is 4.31 Å². The number of para-hydroxylation sites is 1. The monoisotopic (exact) mass is 516 g/mol. The van der Waals surface area contributed by atoms with Crippen LogP contribution in [0.5, 0.6) is 11.5 Å². The number of aliphatic imine (C=N–C) groups is 1. The summed E-state index contributed by atoms with van der Waals surface area (Å²) in [5.41, 5.74) is 6.72. The van der Waals surface area contributed by atoms with E-state index in [1.807, 2.05) is 54.6 Å². The lowest BCUT2D eigenvalue weighted by Gasteiger charge is -2.20. The third-order valence-electron chi connectivity index (χ3n) is 4.31. The van der Waals surface area contributed by atoms with E-state index in [1.54, 1.807) is 0 Å². The molecule has 0 aliphatic carbocycles. The van der Waals surface area contributed by atoms with Crippen molar-refractivity contribution in [3.63, 3.8) is 0 Å². The third kappa shape index (κ3) is 6.35. The number of benzene rings is 2. The Morgan fingerprint density at radius 2 is 1.93 bits per heavy atom. The van der Waals surface area contributed by atoms with Crippen LogP contribution in [0.15, 0.2) is 59.6 Å². The quantitative estimate of drug-likeness (QED) is 0.349. The first-order chi connectivity index (χ1) is 12.9. The Balaban J connectivity index is 0.00000280. The van der Waals surface area contributed by atoms with E-state index in [0.29, 0.717) is 18.8 Å². The maximum Gasteiger partial charge on any atom is 0.211 e. The first kappa shape index (κ1) is 22.4. The van der Waals surface area contributed by atoms with E-state index < -0.39 is 10.0 Å². The summed E-state index contributed by atoms with van der Waals surface area (Å²) in [4.78, 5) is 4.32. The molecule has 1 aliphatic heterocycles. The molecule has 0 saturated carbocycles. The molecule has 1 heterocycles. The van der Waals surface area contributed by atoms with Crippen LogP contribution in [-0.4, -0.2) is 44.1 Å². The Hall–Kier alpha value is -1.85. The molecule has 0 aromatic heterocycles. The van der Waals surface area contributed by atoms with Crippen molar-refractivity contribution in [1.82, 2.24) is 4.31 Å². The van der Waals surface area contributed by atoms with Crippen molar-refractivity contribution in [3.05, 3.63) is 54.6 Å². The summed E-state index contributed by atoms with van der Waals surface area (Å²) in [6.07, 6.45) is 2.87. The second kappa shape index (κ2) is 10.1. The zero-order chi connectivity index (χ0) is 19.3. The van der Waals surface area contributed by atoms with E-state index in [2.05, 4.69) is 10.3 Å². The summed E-state index contributed by atoms with van der Waals surface area (Å²) in [6, 6.07) is 16.8. The summed E-state index contributed by atoms with van der Waals surface area (Å²) in [5, 5.41) is 3.03. The molecule has 0 spiro atoms. The number of nitrogens with one attached hydrogen (secondary N) is 1. The summed E-state index contributed by atoms with van der Waals surface area (Å²) < 4.78 is 30.9. The minimum atomic E-state index is -3.21. The van der Waals surface area contributed by atoms with Crippen molar-refractivity contribution in [3.8, 4) is 11.5 Å². The van der Waals surface area contributed by atoms with Gasteiger partial charge >= 0.3 is 0 Å². The predicted molar refractivity (Wildman–Crippen MR) is 123 cm³/mol. The normalized spacial score (nSPS) is 17.8. The van der Waals surface area contributed by atoms with Crippen LogP contribution in [0.25, 0.3) is 0 Å². The second-order valence-corrected chi connectivity index (χ2v) is 8.40. The number of nitrogens with two attached hydrogens (primary N) is 1. The lowest BCUT2D eigenvalue weighted by atomic mass is 10.2. The maximum atomic E-state index is 11.8. The molecule has 1 saturated heterocycles. The number of sulfonamides is 1. The average Bonchev–Trinajstić information content (AvgIpc) is 3.10. The van der Waals surface area contributed by atoms with Gasteiger partial charge in [-0.3, -0.25) is 4.99 Å². The molecule has 0 bridgehead atoms. The largest absolute Gasteiger partial charge is 0.457 e. The van der Waals surface area contributed by atoms with Crippen molar-refractivity contribution >= 4 is 45.6 Å². The van der Waals surface area contributed by atoms with Crippen LogP contribution >= 0.6 is 24.0 Å². The number of nitrogens with zero attached hydrogens (tertiary/aromatic N) is 2. The molecule has 0 radical (unpaired) electrons. The van der Waals surface area contributed by atoms with Gasteiger partial charge in [0.2, 0.25) is 10.0 Å². The lowest BCUT2D eigenvalue weighted by molar-refractivity contribution is 0.397. The molecule has 2 aromatic carbocycles. The maximum absolute atomic E-state index is 11.8. The minimum absolute atomic E-state index is 0. The fourth-order valence-electron chi connectivity index (χ4n) is 3.08. The lowest BCUT2D eigenvalue weighted by Crippen LogP contribution is -2.37. The summed E-state index contributed by atoms with van der Waals surface area (Å²) >= 11 is 0. The van der Waals surface area contributed by atoms with Crippen LogP contribution in [0, 0.1) is 0 Å². The Morgan fingerprint density at radius 3 is 2.64 bits per heavy atom. The first-order valence-corrected chi connectivity index (χ1v) is 10.6. The molecule has 0 amide bonds. The van der Waals surface area contributed by atoms with Gasteiger partial charge in [-0.1, -0.05) is 24.3 Å². The highest BCUT2D eigenvalue weighted by Crippen LogP contribution is 2.24. The van der Waals surface area contributed by atoms with Gasteiger partial charge in [0.25, 0.3) is 0 Å². The topological polar surface area (TPSA) is 97.0 Å². The molecule has 1 fully saturated rings. The molecule has 152 valence electrons. The molecule has 3 N–H and O–H groups in total. The average molecular weight is 516 g/mol. The van der Waals surface area contributed by atoms with Gasteiger partial charge < -0.3 is 15.8 Å². The van der Waals surface area contributed by atoms with E-state index in [4.69, 9.17) is 10.5 Å². The third-order valence-corrected chi connectivity index (χ3v) is 5.64. The molecular formula is C19H25IN4O3S. The number of guanidine groups is 1. The van der Waals surface area contributed by atoms with Crippen molar-refractivity contribution < 1.29 is 13.2 Å². The summed E-state index contributed by atoms with van der Waals surface area (Å²) in [7, 11) is -3.21. The van der Waals surface area contributed by atoms with E-state index >= 15 is 0 Å². The van der Waals surface area contributed by atoms with E-state index in [1.165, 1.54) is 10.6 Å². The SMILES string of the molecule is CS(=O)(=O)N1CCC[C@@H]1CN=C(N)Nc1cccc(Oc2ccccc2)c1.I. The van der Waals surface area contributed by atoms with Crippen LogP contribution < -0.4 is 15.8 Å². The van der Waals surface area contributed by atoms with Gasteiger partial charge in [0.15, 0.2) is 5.96 Å². The van der Waals surface area contributed by atoms with Gasteiger partial charge in [-0.05, 0) is 37.1 Å². The van der Waals surface area contributed by atoms with Crippen LogP contribution in [-0.2, 0) is 10.0 Å². The van der Waals surface area contributed by atoms with Crippen LogP contribution in [0.1, 0.15) is 12.8 Å². The van der Waals surface area contributed by atoms with Gasteiger partial charge in [-0.25, -0.2) is 8.42 Å². The van der Waals surface area contributed by atoms with Crippen molar-refractivity contribution in [1.29, 1.82) is 0 Å². The fraction of sp³-hybridized carbons (Fsp3) is 0.316. The number of ether oxygens (including phenoxy) is 1. The number of hydrogen-bond acceptors (Lipinski definition) is 4. The molecule has 9 heteroatoms. The smallest absolute Gasteiger partial charge is 0.211 e. The number of rotatable bonds is 6. The zero-order valence-corrected chi connectivity index (χ0v) is 18.8. The van der Waals surface area contributed by atoms with Gasteiger partial charge in [-0.15, -0.1) is 24.0 Å². The molecule has 3 rings (SSSR count). The first-order valence-electron chi connectivity index (χ1n) is 8.78. The Bertz CT molecular complexity index is 906.